The predicted molar refractivity (Wildman–Crippen MR) is 129 cm³/mol. The lowest BCUT2D eigenvalue weighted by molar-refractivity contribution is 0.395. The van der Waals surface area contributed by atoms with Crippen LogP contribution < -0.4 is 26.1 Å². The van der Waals surface area contributed by atoms with Crippen molar-refractivity contribution in [2.24, 2.45) is 0 Å². The molecule has 0 atom stereocenters. The number of methoxy groups -OCH3 is 2. The minimum Gasteiger partial charge on any atom is -0.497 e. The molecule has 4 rings (SSSR count). The van der Waals surface area contributed by atoms with Gasteiger partial charge >= 0.3 is 0 Å². The van der Waals surface area contributed by atoms with E-state index in [-0.39, 0.29) is 5.56 Å². The third-order valence-corrected chi connectivity index (χ3v) is 5.62. The average molecular weight is 467 g/mol. The standard InChI is InChI=1S/C23H23ClN6O3/c1-26-23-27-12-13-9-17(16-10-15(32-2)11-18(33-3)20(16)24)22(31)30(21(13)29-23)8-7-14-5-4-6-19(25)28-14/h4-6,9-12H,7-8H2,1-3H3,(H2,25,28)(H,26,27,29). The number of ether oxygens (including phenoxy) is 2. The second-order valence-corrected chi connectivity index (χ2v) is 7.61. The average Bonchev–Trinajstić information content (AvgIpc) is 2.83. The SMILES string of the molecule is CNc1ncc2cc(-c3cc(OC)cc(OC)c3Cl)c(=O)n(CCc3cccc(N)n3)c2n1. The first-order chi connectivity index (χ1) is 15.9. The van der Waals surface area contributed by atoms with Gasteiger partial charge in [0, 0.05) is 54.5 Å². The molecule has 33 heavy (non-hydrogen) atoms. The molecule has 0 fully saturated rings. The van der Waals surface area contributed by atoms with E-state index in [4.69, 9.17) is 26.8 Å². The van der Waals surface area contributed by atoms with E-state index in [2.05, 4.69) is 20.3 Å². The van der Waals surface area contributed by atoms with Crippen molar-refractivity contribution in [3.05, 3.63) is 63.7 Å². The lowest BCUT2D eigenvalue weighted by Crippen LogP contribution is -2.24. The van der Waals surface area contributed by atoms with Crippen molar-refractivity contribution in [3.63, 3.8) is 0 Å². The molecular weight excluding hydrogens is 444 g/mol. The summed E-state index contributed by atoms with van der Waals surface area (Å²) in [5.41, 5.74) is 7.69. The van der Waals surface area contributed by atoms with Crippen molar-refractivity contribution < 1.29 is 9.47 Å². The number of benzene rings is 1. The highest BCUT2D eigenvalue weighted by atomic mass is 35.5. The fraction of sp³-hybridized carbons (Fsp3) is 0.217. The minimum atomic E-state index is -0.260. The first-order valence-electron chi connectivity index (χ1n) is 10.2. The van der Waals surface area contributed by atoms with E-state index in [9.17, 15) is 4.79 Å². The Morgan fingerprint density at radius 2 is 1.94 bits per heavy atom. The van der Waals surface area contributed by atoms with Gasteiger partial charge in [-0.2, -0.15) is 4.98 Å². The molecular formula is C23H23ClN6O3. The molecule has 0 aliphatic heterocycles. The van der Waals surface area contributed by atoms with Crippen LogP contribution in [0, 0.1) is 0 Å². The van der Waals surface area contributed by atoms with Crippen molar-refractivity contribution in [1.82, 2.24) is 19.5 Å². The first-order valence-corrected chi connectivity index (χ1v) is 10.5. The summed E-state index contributed by atoms with van der Waals surface area (Å²) in [4.78, 5) is 26.9. The Balaban J connectivity index is 1.92. The smallest absolute Gasteiger partial charge is 0.260 e. The van der Waals surface area contributed by atoms with Gasteiger partial charge in [-0.15, -0.1) is 0 Å². The third-order valence-electron chi connectivity index (χ3n) is 5.23. The number of fused-ring (bicyclic) bond motifs is 1. The number of nitrogens with zero attached hydrogens (tertiary/aromatic N) is 4. The Labute approximate surface area is 195 Å². The van der Waals surface area contributed by atoms with Crippen LogP contribution in [0.2, 0.25) is 5.02 Å². The van der Waals surface area contributed by atoms with Gasteiger partial charge in [0.2, 0.25) is 5.95 Å². The quantitative estimate of drug-likeness (QED) is 0.425. The molecule has 0 spiro atoms. The normalized spacial score (nSPS) is 10.9. The second-order valence-electron chi connectivity index (χ2n) is 7.23. The van der Waals surface area contributed by atoms with E-state index in [1.807, 2.05) is 12.1 Å². The summed E-state index contributed by atoms with van der Waals surface area (Å²) in [7, 11) is 4.77. The zero-order valence-electron chi connectivity index (χ0n) is 18.4. The van der Waals surface area contributed by atoms with Crippen molar-refractivity contribution >= 4 is 34.4 Å². The predicted octanol–water partition coefficient (Wildman–Crippen LogP) is 3.39. The molecule has 0 amide bonds. The number of aromatic nitrogens is 4. The monoisotopic (exact) mass is 466 g/mol. The summed E-state index contributed by atoms with van der Waals surface area (Å²) >= 11 is 6.59. The van der Waals surface area contributed by atoms with E-state index in [1.54, 1.807) is 42.1 Å². The summed E-state index contributed by atoms with van der Waals surface area (Å²) < 4.78 is 12.4. The zero-order valence-corrected chi connectivity index (χ0v) is 19.2. The van der Waals surface area contributed by atoms with Crippen LogP contribution in [0.15, 0.2) is 47.4 Å². The van der Waals surface area contributed by atoms with Crippen LogP contribution in [0.4, 0.5) is 11.8 Å². The van der Waals surface area contributed by atoms with Gasteiger partial charge in [0.1, 0.15) is 23.0 Å². The first kappa shape index (κ1) is 22.3. The zero-order chi connectivity index (χ0) is 23.5. The van der Waals surface area contributed by atoms with Crippen LogP contribution in [0.5, 0.6) is 11.5 Å². The van der Waals surface area contributed by atoms with Crippen LogP contribution in [0.25, 0.3) is 22.2 Å². The Morgan fingerprint density at radius 3 is 2.64 bits per heavy atom. The molecule has 0 bridgehead atoms. The summed E-state index contributed by atoms with van der Waals surface area (Å²) in [5, 5.41) is 3.91. The molecule has 0 saturated carbocycles. The van der Waals surface area contributed by atoms with E-state index in [1.165, 1.54) is 14.2 Å². The van der Waals surface area contributed by atoms with Gasteiger partial charge in [0.25, 0.3) is 5.56 Å². The van der Waals surface area contributed by atoms with Crippen LogP contribution in [-0.2, 0) is 13.0 Å². The van der Waals surface area contributed by atoms with Crippen LogP contribution in [0.3, 0.4) is 0 Å². The summed E-state index contributed by atoms with van der Waals surface area (Å²) in [6, 6.07) is 10.5. The van der Waals surface area contributed by atoms with E-state index in [0.29, 0.717) is 63.4 Å². The molecule has 0 unspecified atom stereocenters. The van der Waals surface area contributed by atoms with Crippen LogP contribution >= 0.6 is 11.6 Å². The number of pyridine rings is 2. The third kappa shape index (κ3) is 4.40. The Morgan fingerprint density at radius 1 is 1.12 bits per heavy atom. The Kier molecular flexibility index (Phi) is 6.32. The highest BCUT2D eigenvalue weighted by Crippen LogP contribution is 2.38. The number of nitrogens with two attached hydrogens (primary N) is 1. The van der Waals surface area contributed by atoms with Gasteiger partial charge in [-0.1, -0.05) is 17.7 Å². The molecule has 0 aliphatic carbocycles. The lowest BCUT2D eigenvalue weighted by Gasteiger charge is -2.15. The summed E-state index contributed by atoms with van der Waals surface area (Å²) in [5.74, 6) is 1.76. The summed E-state index contributed by atoms with van der Waals surface area (Å²) in [6.07, 6.45) is 2.15. The summed E-state index contributed by atoms with van der Waals surface area (Å²) in [6.45, 7) is 0.332. The van der Waals surface area contributed by atoms with E-state index < -0.39 is 0 Å². The highest BCUT2D eigenvalue weighted by Gasteiger charge is 2.19. The molecule has 3 aromatic heterocycles. The Bertz CT molecular complexity index is 1390. The molecule has 170 valence electrons. The largest absolute Gasteiger partial charge is 0.497 e. The second kappa shape index (κ2) is 9.33. The van der Waals surface area contributed by atoms with Crippen molar-refractivity contribution in [2.45, 2.75) is 13.0 Å². The fourth-order valence-corrected chi connectivity index (χ4v) is 3.87. The molecule has 4 aromatic rings. The van der Waals surface area contributed by atoms with E-state index >= 15 is 0 Å². The maximum absolute atomic E-state index is 13.7. The molecule has 0 radical (unpaired) electrons. The number of rotatable bonds is 7. The van der Waals surface area contributed by atoms with Crippen molar-refractivity contribution in [3.8, 4) is 22.6 Å². The number of aryl methyl sites for hydroxylation is 2. The van der Waals surface area contributed by atoms with Gasteiger partial charge in [-0.05, 0) is 24.3 Å². The molecule has 3 heterocycles. The van der Waals surface area contributed by atoms with Gasteiger partial charge < -0.3 is 20.5 Å². The van der Waals surface area contributed by atoms with Crippen LogP contribution in [-0.4, -0.2) is 40.8 Å². The number of nitrogens with one attached hydrogen (secondary N) is 1. The number of anilines is 2. The maximum Gasteiger partial charge on any atom is 0.260 e. The number of hydrogen-bond acceptors (Lipinski definition) is 8. The molecule has 0 aliphatic rings. The fourth-order valence-electron chi connectivity index (χ4n) is 3.58. The maximum atomic E-state index is 13.7. The molecule has 3 N–H and O–H groups in total. The van der Waals surface area contributed by atoms with Crippen LogP contribution in [0.1, 0.15) is 5.69 Å². The van der Waals surface area contributed by atoms with Gasteiger partial charge in [-0.3, -0.25) is 9.36 Å². The molecule has 1 aromatic carbocycles. The highest BCUT2D eigenvalue weighted by molar-refractivity contribution is 6.35. The number of nitrogen functional groups attached to an aromatic ring is 1. The van der Waals surface area contributed by atoms with E-state index in [0.717, 1.165) is 5.69 Å². The van der Waals surface area contributed by atoms with Gasteiger partial charge in [0.15, 0.2) is 0 Å². The topological polar surface area (TPSA) is 117 Å². The minimum absolute atomic E-state index is 0.260. The number of hydrogen-bond donors (Lipinski definition) is 2. The Hall–Kier alpha value is -3.85. The molecule has 9 nitrogen and oxygen atoms in total. The van der Waals surface area contributed by atoms with Gasteiger partial charge in [-0.25, -0.2) is 9.97 Å². The lowest BCUT2D eigenvalue weighted by atomic mass is 10.0. The molecule has 0 saturated heterocycles. The van der Waals surface area contributed by atoms with Crippen molar-refractivity contribution in [2.75, 3.05) is 32.3 Å². The van der Waals surface area contributed by atoms with Gasteiger partial charge in [0.05, 0.1) is 19.2 Å². The van der Waals surface area contributed by atoms with Crippen molar-refractivity contribution in [1.29, 1.82) is 0 Å². The molecule has 10 heteroatoms. The number of halogens is 1.